The van der Waals surface area contributed by atoms with Crippen LogP contribution in [0.3, 0.4) is 0 Å². The van der Waals surface area contributed by atoms with Gasteiger partial charge in [-0.3, -0.25) is 9.59 Å². The van der Waals surface area contributed by atoms with Crippen molar-refractivity contribution in [3.05, 3.63) is 0 Å². The lowest BCUT2D eigenvalue weighted by molar-refractivity contribution is -0.410. The molecule has 8 heteroatoms. The van der Waals surface area contributed by atoms with Crippen LogP contribution in [0, 0.1) is 22.7 Å². The Hall–Kier alpha value is -1.22. The van der Waals surface area contributed by atoms with E-state index in [-0.39, 0.29) is 47.0 Å². The predicted molar refractivity (Wildman–Crippen MR) is 157 cm³/mol. The summed E-state index contributed by atoms with van der Waals surface area (Å²) in [5, 5.41) is 11.6. The monoisotopic (exact) mass is 592 g/mol. The molecule has 1 N–H and O–H groups in total. The van der Waals surface area contributed by atoms with Crippen molar-refractivity contribution >= 4 is 11.9 Å². The molecule has 42 heavy (non-hydrogen) atoms. The van der Waals surface area contributed by atoms with E-state index in [1.165, 1.54) is 13.8 Å². The van der Waals surface area contributed by atoms with Gasteiger partial charge < -0.3 is 28.8 Å². The molecule has 2 bridgehead atoms. The maximum atomic E-state index is 12.5. The highest BCUT2D eigenvalue weighted by Crippen LogP contribution is 2.66. The van der Waals surface area contributed by atoms with Crippen LogP contribution in [0.2, 0.25) is 0 Å². The minimum atomic E-state index is -1.30. The highest BCUT2D eigenvalue weighted by atomic mass is 16.7. The van der Waals surface area contributed by atoms with E-state index in [4.69, 9.17) is 23.7 Å². The van der Waals surface area contributed by atoms with Crippen LogP contribution in [0.5, 0.6) is 0 Å². The van der Waals surface area contributed by atoms with Crippen LogP contribution in [0.15, 0.2) is 0 Å². The Morgan fingerprint density at radius 3 is 2.17 bits per heavy atom. The first-order chi connectivity index (χ1) is 19.2. The molecule has 5 rings (SSSR count). The Bertz CT molecular complexity index is 1090. The molecule has 0 radical (unpaired) electrons. The van der Waals surface area contributed by atoms with Crippen molar-refractivity contribution in [3.63, 3.8) is 0 Å². The first-order valence-corrected chi connectivity index (χ1v) is 16.4. The quantitative estimate of drug-likeness (QED) is 0.374. The zero-order valence-corrected chi connectivity index (χ0v) is 27.8. The van der Waals surface area contributed by atoms with E-state index in [2.05, 4.69) is 27.7 Å². The van der Waals surface area contributed by atoms with Gasteiger partial charge in [-0.15, -0.1) is 0 Å². The molecular weight excluding hydrogens is 536 g/mol. The molecule has 5 fully saturated rings. The SMILES string of the molecule is CC(=O)O[C@H]1CC[C@]2(C)C(CC[C@]3(C)[C@H](C)CC[C@H]4OC(C)(C)C5(O)CC[C@]43O5)[C@@](C)(OC(C)=O)CC[C@H]2OC1(C)C. The summed E-state index contributed by atoms with van der Waals surface area (Å²) in [7, 11) is 0. The summed E-state index contributed by atoms with van der Waals surface area (Å²) in [5.74, 6) is -1.48. The Morgan fingerprint density at radius 1 is 0.833 bits per heavy atom. The molecule has 0 aromatic heterocycles. The van der Waals surface area contributed by atoms with Crippen molar-refractivity contribution in [2.45, 2.75) is 180 Å². The molecule has 3 heterocycles. The molecule has 2 saturated carbocycles. The average molecular weight is 593 g/mol. The molecular formula is C34H56O8. The second-order valence-corrected chi connectivity index (χ2v) is 16.2. The van der Waals surface area contributed by atoms with Crippen molar-refractivity contribution in [3.8, 4) is 0 Å². The smallest absolute Gasteiger partial charge is 0.303 e. The summed E-state index contributed by atoms with van der Waals surface area (Å²) in [6.45, 7) is 20.0. The van der Waals surface area contributed by atoms with E-state index < -0.39 is 28.2 Å². The Kier molecular flexibility index (Phi) is 7.78. The van der Waals surface area contributed by atoms with Crippen LogP contribution in [0.25, 0.3) is 0 Å². The molecule has 8 nitrogen and oxygen atoms in total. The standard InChI is InChI=1S/C34H56O8/c1-21-11-12-27-33(19-20-34(37,42-33)29(6,7)41-27)31(21,9)17-13-24-30(8)16-14-25(38-22(2)35)28(4,5)40-26(30)15-18-32(24,10)39-23(3)36/h21,24-27,37H,11-20H2,1-10H3/t21-,24?,25+,26-,27-,30-,31-,32+,33+,34?/m1/s1. The topological polar surface area (TPSA) is 101 Å². The van der Waals surface area contributed by atoms with Crippen molar-refractivity contribution < 1.29 is 38.4 Å². The largest absolute Gasteiger partial charge is 0.460 e. The fraction of sp³-hybridized carbons (Fsp3) is 0.941. The van der Waals surface area contributed by atoms with Gasteiger partial charge in [0.25, 0.3) is 0 Å². The number of rotatable bonds is 5. The van der Waals surface area contributed by atoms with E-state index >= 15 is 0 Å². The number of aliphatic hydroxyl groups is 1. The highest BCUT2D eigenvalue weighted by molar-refractivity contribution is 5.66. The Balaban J connectivity index is 1.49. The molecule has 2 aliphatic carbocycles. The van der Waals surface area contributed by atoms with E-state index in [0.717, 1.165) is 44.9 Å². The van der Waals surface area contributed by atoms with Gasteiger partial charge in [-0.05, 0) is 98.3 Å². The van der Waals surface area contributed by atoms with Gasteiger partial charge in [-0.25, -0.2) is 0 Å². The van der Waals surface area contributed by atoms with Crippen LogP contribution < -0.4 is 0 Å². The zero-order valence-electron chi connectivity index (χ0n) is 27.8. The normalized spacial score (nSPS) is 49.3. The molecule has 5 aliphatic rings. The number of hydrogen-bond acceptors (Lipinski definition) is 8. The lowest BCUT2D eigenvalue weighted by Gasteiger charge is -2.63. The fourth-order valence-corrected chi connectivity index (χ4v) is 10.1. The first kappa shape index (κ1) is 32.2. The molecule has 0 aromatic carbocycles. The molecule has 0 amide bonds. The van der Waals surface area contributed by atoms with Gasteiger partial charge in [0, 0.05) is 37.0 Å². The lowest BCUT2D eigenvalue weighted by atomic mass is 9.51. The van der Waals surface area contributed by atoms with Gasteiger partial charge in [-0.1, -0.05) is 20.8 Å². The molecule has 3 saturated heterocycles. The third kappa shape index (κ3) is 4.76. The maximum absolute atomic E-state index is 12.5. The van der Waals surface area contributed by atoms with Crippen LogP contribution >= 0.6 is 0 Å². The Labute approximate surface area is 252 Å². The summed E-state index contributed by atoms with van der Waals surface area (Å²) in [6, 6.07) is 0. The molecule has 0 aromatic rings. The van der Waals surface area contributed by atoms with Crippen LogP contribution in [0.1, 0.15) is 133 Å². The predicted octanol–water partition coefficient (Wildman–Crippen LogP) is 6.25. The van der Waals surface area contributed by atoms with Crippen molar-refractivity contribution in [2.75, 3.05) is 0 Å². The molecule has 240 valence electrons. The van der Waals surface area contributed by atoms with Gasteiger partial charge in [0.15, 0.2) is 5.79 Å². The van der Waals surface area contributed by atoms with Gasteiger partial charge in [0.1, 0.15) is 22.9 Å². The summed E-state index contributed by atoms with van der Waals surface area (Å²) in [5.41, 5.74) is -3.16. The number of carbonyl (C=O) groups excluding carboxylic acids is 2. The minimum absolute atomic E-state index is 0.0153. The van der Waals surface area contributed by atoms with Crippen molar-refractivity contribution in [1.29, 1.82) is 0 Å². The van der Waals surface area contributed by atoms with Gasteiger partial charge in [-0.2, -0.15) is 0 Å². The maximum Gasteiger partial charge on any atom is 0.303 e. The average Bonchev–Trinajstić information content (AvgIpc) is 3.16. The third-order valence-electron chi connectivity index (χ3n) is 13.0. The molecule has 2 unspecified atom stereocenters. The number of ether oxygens (including phenoxy) is 5. The number of esters is 2. The molecule has 1 spiro atoms. The lowest BCUT2D eigenvalue weighted by Crippen LogP contribution is -2.70. The summed E-state index contributed by atoms with van der Waals surface area (Å²) < 4.78 is 32.4. The van der Waals surface area contributed by atoms with Crippen molar-refractivity contribution in [1.82, 2.24) is 0 Å². The van der Waals surface area contributed by atoms with Gasteiger partial charge in [0.05, 0.1) is 17.8 Å². The van der Waals surface area contributed by atoms with Crippen molar-refractivity contribution in [2.24, 2.45) is 22.7 Å². The minimum Gasteiger partial charge on any atom is -0.460 e. The highest BCUT2D eigenvalue weighted by Gasteiger charge is 2.72. The summed E-state index contributed by atoms with van der Waals surface area (Å²) in [6.07, 6.45) is 7.45. The second kappa shape index (κ2) is 10.1. The Morgan fingerprint density at radius 2 is 1.52 bits per heavy atom. The van der Waals surface area contributed by atoms with E-state index in [9.17, 15) is 14.7 Å². The van der Waals surface area contributed by atoms with E-state index in [1.54, 1.807) is 0 Å². The first-order valence-electron chi connectivity index (χ1n) is 16.4. The molecule has 3 aliphatic heterocycles. The fourth-order valence-electron chi connectivity index (χ4n) is 10.1. The van der Waals surface area contributed by atoms with E-state index in [1.807, 2.05) is 27.7 Å². The van der Waals surface area contributed by atoms with Crippen LogP contribution in [-0.4, -0.2) is 63.5 Å². The van der Waals surface area contributed by atoms with Gasteiger partial charge in [0.2, 0.25) is 0 Å². The van der Waals surface area contributed by atoms with Crippen LogP contribution in [-0.2, 0) is 33.3 Å². The zero-order chi connectivity index (χ0) is 31.1. The van der Waals surface area contributed by atoms with E-state index in [0.29, 0.717) is 25.2 Å². The number of fused-ring (bicyclic) bond motifs is 2. The number of carbonyl (C=O) groups is 2. The third-order valence-corrected chi connectivity index (χ3v) is 13.0. The number of hydrogen-bond donors (Lipinski definition) is 1. The van der Waals surface area contributed by atoms with Crippen LogP contribution in [0.4, 0.5) is 0 Å². The molecule has 10 atom stereocenters. The summed E-state index contributed by atoms with van der Waals surface area (Å²) in [4.78, 5) is 24.5. The second-order valence-electron chi connectivity index (χ2n) is 16.2. The van der Waals surface area contributed by atoms with Gasteiger partial charge >= 0.3 is 11.9 Å². The summed E-state index contributed by atoms with van der Waals surface area (Å²) >= 11 is 0.